The van der Waals surface area contributed by atoms with Gasteiger partial charge in [-0.1, -0.05) is 6.07 Å². The van der Waals surface area contributed by atoms with Crippen LogP contribution in [-0.4, -0.2) is 21.1 Å². The molecule has 0 aliphatic carbocycles. The van der Waals surface area contributed by atoms with E-state index in [0.29, 0.717) is 18.2 Å². The topological polar surface area (TPSA) is 59.8 Å². The molecule has 5 heteroatoms. The fourth-order valence-corrected chi connectivity index (χ4v) is 1.78. The average molecular weight is 214 g/mol. The largest absolute Gasteiger partial charge is 0.354 e. The molecule has 2 aromatic rings. The zero-order valence-electron chi connectivity index (χ0n) is 8.55. The van der Waals surface area contributed by atoms with Gasteiger partial charge in [0.2, 0.25) is 5.95 Å². The van der Waals surface area contributed by atoms with Crippen molar-refractivity contribution < 1.29 is 0 Å². The fourth-order valence-electron chi connectivity index (χ4n) is 1.78. The van der Waals surface area contributed by atoms with Crippen molar-refractivity contribution in [2.45, 2.75) is 6.54 Å². The molecule has 2 aromatic heterocycles. The highest BCUT2D eigenvalue weighted by molar-refractivity contribution is 5.55. The van der Waals surface area contributed by atoms with Gasteiger partial charge in [0, 0.05) is 25.4 Å². The standard InChI is InChI=1S/C11H10N4O/c16-10-7-9(8-3-1-2-4-12-8)14-11-13-5-6-15(10)11/h1-4,7H,5-6H2,(H,13,14). The molecule has 0 saturated carbocycles. The summed E-state index contributed by atoms with van der Waals surface area (Å²) in [7, 11) is 0. The Labute approximate surface area is 91.8 Å². The first-order valence-corrected chi connectivity index (χ1v) is 5.12. The van der Waals surface area contributed by atoms with Crippen LogP contribution >= 0.6 is 0 Å². The summed E-state index contributed by atoms with van der Waals surface area (Å²) in [5.41, 5.74) is 1.30. The molecule has 5 nitrogen and oxygen atoms in total. The van der Waals surface area contributed by atoms with Crippen LogP contribution in [0, 0.1) is 0 Å². The summed E-state index contributed by atoms with van der Waals surface area (Å²) in [5.74, 6) is 0.633. The van der Waals surface area contributed by atoms with Crippen molar-refractivity contribution in [3.05, 3.63) is 40.8 Å². The van der Waals surface area contributed by atoms with Gasteiger partial charge in [-0.05, 0) is 12.1 Å². The van der Waals surface area contributed by atoms with Crippen LogP contribution in [0.1, 0.15) is 0 Å². The normalized spacial score (nSPS) is 13.2. The molecular weight excluding hydrogens is 204 g/mol. The first kappa shape index (κ1) is 9.08. The van der Waals surface area contributed by atoms with Gasteiger partial charge < -0.3 is 5.32 Å². The monoisotopic (exact) mass is 214 g/mol. The number of fused-ring (bicyclic) bond motifs is 1. The van der Waals surface area contributed by atoms with Crippen molar-refractivity contribution >= 4 is 5.95 Å². The van der Waals surface area contributed by atoms with Crippen LogP contribution in [0.15, 0.2) is 35.3 Å². The zero-order valence-corrected chi connectivity index (χ0v) is 8.55. The van der Waals surface area contributed by atoms with E-state index in [4.69, 9.17) is 0 Å². The molecule has 16 heavy (non-hydrogen) atoms. The van der Waals surface area contributed by atoms with Gasteiger partial charge in [-0.25, -0.2) is 4.98 Å². The van der Waals surface area contributed by atoms with E-state index in [1.807, 2.05) is 18.2 Å². The molecule has 3 rings (SSSR count). The van der Waals surface area contributed by atoms with Crippen LogP contribution in [0.4, 0.5) is 5.95 Å². The summed E-state index contributed by atoms with van der Waals surface area (Å²) in [6, 6.07) is 7.08. The second-order valence-corrected chi connectivity index (χ2v) is 3.60. The van der Waals surface area contributed by atoms with E-state index in [2.05, 4.69) is 15.3 Å². The van der Waals surface area contributed by atoms with Gasteiger partial charge >= 0.3 is 0 Å². The third-order valence-electron chi connectivity index (χ3n) is 2.55. The SMILES string of the molecule is O=c1cc(-c2ccccn2)nc2n1CCN2. The highest BCUT2D eigenvalue weighted by Gasteiger charge is 2.14. The van der Waals surface area contributed by atoms with Gasteiger partial charge in [-0.15, -0.1) is 0 Å². The number of rotatable bonds is 1. The van der Waals surface area contributed by atoms with Crippen LogP contribution in [0.2, 0.25) is 0 Å². The molecule has 0 atom stereocenters. The molecule has 80 valence electrons. The number of aromatic nitrogens is 3. The summed E-state index contributed by atoms with van der Waals surface area (Å²) in [5, 5.41) is 3.08. The lowest BCUT2D eigenvalue weighted by Gasteiger charge is -2.03. The smallest absolute Gasteiger partial charge is 0.255 e. The molecule has 0 amide bonds. The summed E-state index contributed by atoms with van der Waals surface area (Å²) < 4.78 is 1.63. The molecule has 0 aromatic carbocycles. The molecule has 0 saturated heterocycles. The Morgan fingerprint density at radius 2 is 2.25 bits per heavy atom. The highest BCUT2D eigenvalue weighted by Crippen LogP contribution is 2.15. The minimum atomic E-state index is -0.0318. The van der Waals surface area contributed by atoms with Crippen LogP contribution in [0.5, 0.6) is 0 Å². The number of nitrogens with one attached hydrogen (secondary N) is 1. The minimum Gasteiger partial charge on any atom is -0.354 e. The first-order valence-electron chi connectivity index (χ1n) is 5.12. The maximum absolute atomic E-state index is 11.8. The van der Waals surface area contributed by atoms with E-state index < -0.39 is 0 Å². The van der Waals surface area contributed by atoms with Crippen LogP contribution < -0.4 is 10.9 Å². The van der Waals surface area contributed by atoms with Crippen molar-refractivity contribution in [1.29, 1.82) is 0 Å². The lowest BCUT2D eigenvalue weighted by Crippen LogP contribution is -2.18. The Hall–Kier alpha value is -2.17. The number of anilines is 1. The number of hydrogen-bond donors (Lipinski definition) is 1. The molecule has 0 radical (unpaired) electrons. The first-order chi connectivity index (χ1) is 7.84. The van der Waals surface area contributed by atoms with Gasteiger partial charge in [0.25, 0.3) is 5.56 Å². The predicted octanol–water partition coefficient (Wildman–Crippen LogP) is 0.731. The van der Waals surface area contributed by atoms with Gasteiger partial charge in [0.1, 0.15) is 0 Å². The van der Waals surface area contributed by atoms with E-state index >= 15 is 0 Å². The van der Waals surface area contributed by atoms with Gasteiger partial charge in [-0.2, -0.15) is 0 Å². The van der Waals surface area contributed by atoms with Crippen LogP contribution in [0.3, 0.4) is 0 Å². The lowest BCUT2D eigenvalue weighted by atomic mass is 10.2. The third-order valence-corrected chi connectivity index (χ3v) is 2.55. The number of pyridine rings is 1. The Bertz CT molecular complexity index is 576. The Balaban J connectivity index is 2.17. The zero-order chi connectivity index (χ0) is 11.0. The Morgan fingerprint density at radius 1 is 1.31 bits per heavy atom. The van der Waals surface area contributed by atoms with Crippen molar-refractivity contribution in [3.8, 4) is 11.4 Å². The molecule has 3 heterocycles. The Kier molecular flexibility index (Phi) is 1.96. The second kappa shape index (κ2) is 3.44. The Morgan fingerprint density at radius 3 is 3.06 bits per heavy atom. The molecule has 0 fully saturated rings. The lowest BCUT2D eigenvalue weighted by molar-refractivity contribution is 0.762. The molecule has 0 unspecified atom stereocenters. The summed E-state index contributed by atoms with van der Waals surface area (Å²) in [6.07, 6.45) is 1.69. The summed E-state index contributed by atoms with van der Waals surface area (Å²) >= 11 is 0. The second-order valence-electron chi connectivity index (χ2n) is 3.60. The van der Waals surface area contributed by atoms with Crippen LogP contribution in [-0.2, 0) is 6.54 Å². The summed E-state index contributed by atoms with van der Waals surface area (Å²) in [4.78, 5) is 20.3. The number of hydrogen-bond acceptors (Lipinski definition) is 4. The van der Waals surface area contributed by atoms with Crippen molar-refractivity contribution in [1.82, 2.24) is 14.5 Å². The fraction of sp³-hybridized carbons (Fsp3) is 0.182. The molecule has 1 aliphatic rings. The molecule has 1 aliphatic heterocycles. The highest BCUT2D eigenvalue weighted by atomic mass is 16.1. The minimum absolute atomic E-state index is 0.0318. The van der Waals surface area contributed by atoms with Crippen molar-refractivity contribution in [2.24, 2.45) is 0 Å². The van der Waals surface area contributed by atoms with E-state index in [-0.39, 0.29) is 5.56 Å². The van der Waals surface area contributed by atoms with E-state index in [0.717, 1.165) is 12.2 Å². The molecule has 0 bridgehead atoms. The molecular formula is C11H10N4O. The van der Waals surface area contributed by atoms with E-state index in [1.165, 1.54) is 6.07 Å². The van der Waals surface area contributed by atoms with Crippen molar-refractivity contribution in [3.63, 3.8) is 0 Å². The third kappa shape index (κ3) is 1.37. The number of nitrogens with zero attached hydrogens (tertiary/aromatic N) is 3. The van der Waals surface area contributed by atoms with Gasteiger partial charge in [0.15, 0.2) is 0 Å². The maximum atomic E-state index is 11.8. The van der Waals surface area contributed by atoms with Gasteiger partial charge in [-0.3, -0.25) is 14.3 Å². The van der Waals surface area contributed by atoms with Crippen molar-refractivity contribution in [2.75, 3.05) is 11.9 Å². The average Bonchev–Trinajstić information content (AvgIpc) is 2.79. The van der Waals surface area contributed by atoms with E-state index in [1.54, 1.807) is 10.8 Å². The summed E-state index contributed by atoms with van der Waals surface area (Å²) in [6.45, 7) is 1.44. The van der Waals surface area contributed by atoms with Gasteiger partial charge in [0.05, 0.1) is 11.4 Å². The maximum Gasteiger partial charge on any atom is 0.255 e. The quantitative estimate of drug-likeness (QED) is 0.760. The predicted molar refractivity (Wildman–Crippen MR) is 60.2 cm³/mol. The van der Waals surface area contributed by atoms with Crippen LogP contribution in [0.25, 0.3) is 11.4 Å². The van der Waals surface area contributed by atoms with E-state index in [9.17, 15) is 4.79 Å². The molecule has 1 N–H and O–H groups in total. The molecule has 0 spiro atoms.